The zero-order valence-corrected chi connectivity index (χ0v) is 15.9. The molecule has 0 unspecified atom stereocenters. The van der Waals surface area contributed by atoms with Crippen LogP contribution in [0.2, 0.25) is 0 Å². The van der Waals surface area contributed by atoms with Crippen molar-refractivity contribution >= 4 is 17.3 Å². The van der Waals surface area contributed by atoms with Crippen molar-refractivity contribution in [2.45, 2.75) is 20.3 Å². The second-order valence-corrected chi connectivity index (χ2v) is 6.58. The van der Waals surface area contributed by atoms with Gasteiger partial charge >= 0.3 is 5.97 Å². The Bertz CT molecular complexity index is 917. The Kier molecular flexibility index (Phi) is 5.68. The summed E-state index contributed by atoms with van der Waals surface area (Å²) < 4.78 is 10.6. The van der Waals surface area contributed by atoms with Crippen molar-refractivity contribution in [3.63, 3.8) is 0 Å². The minimum atomic E-state index is -0.315. The average molecular weight is 367 g/mol. The fraction of sp³-hybridized carbons (Fsp3) is 0.238. The van der Waals surface area contributed by atoms with Gasteiger partial charge in [0.05, 0.1) is 25.0 Å². The monoisotopic (exact) mass is 367 g/mol. The molecule has 3 rings (SSSR count). The first kappa shape index (κ1) is 18.1. The van der Waals surface area contributed by atoms with Gasteiger partial charge in [0.2, 0.25) is 0 Å². The number of hydrogen-bond donors (Lipinski definition) is 0. The summed E-state index contributed by atoms with van der Waals surface area (Å²) in [7, 11) is 1.69. The van der Waals surface area contributed by atoms with Crippen molar-refractivity contribution in [1.29, 1.82) is 0 Å². The van der Waals surface area contributed by atoms with Gasteiger partial charge in [-0.05, 0) is 37.1 Å². The SMILES string of the molecule is CCOC(=O)c1cccc(-c2csc(-c3ccc(CC)c(OC)c3)n2)c1. The van der Waals surface area contributed by atoms with Crippen LogP contribution >= 0.6 is 11.3 Å². The summed E-state index contributed by atoms with van der Waals surface area (Å²) in [6.45, 7) is 4.27. The molecule has 3 aromatic rings. The molecule has 0 saturated heterocycles. The van der Waals surface area contributed by atoms with Gasteiger partial charge in [0.25, 0.3) is 0 Å². The largest absolute Gasteiger partial charge is 0.496 e. The van der Waals surface area contributed by atoms with Crippen molar-refractivity contribution in [1.82, 2.24) is 4.98 Å². The van der Waals surface area contributed by atoms with Gasteiger partial charge in [0, 0.05) is 16.5 Å². The first-order valence-electron chi connectivity index (χ1n) is 8.56. The molecule has 0 saturated carbocycles. The van der Waals surface area contributed by atoms with Gasteiger partial charge in [-0.3, -0.25) is 0 Å². The second-order valence-electron chi connectivity index (χ2n) is 5.72. The smallest absolute Gasteiger partial charge is 0.338 e. The molecule has 0 aliphatic rings. The molecule has 26 heavy (non-hydrogen) atoms. The molecule has 0 N–H and O–H groups in total. The maximum atomic E-state index is 11.9. The zero-order valence-electron chi connectivity index (χ0n) is 15.1. The van der Waals surface area contributed by atoms with Gasteiger partial charge in [0.1, 0.15) is 10.8 Å². The Morgan fingerprint density at radius 1 is 1.12 bits per heavy atom. The predicted octanol–water partition coefficient (Wildman–Crippen LogP) is 5.22. The number of methoxy groups -OCH3 is 1. The number of nitrogens with zero attached hydrogens (tertiary/aromatic N) is 1. The van der Waals surface area contributed by atoms with Crippen LogP contribution in [0.3, 0.4) is 0 Å². The lowest BCUT2D eigenvalue weighted by atomic mass is 10.1. The summed E-state index contributed by atoms with van der Waals surface area (Å²) in [5.74, 6) is 0.566. The molecule has 2 aromatic carbocycles. The molecule has 0 aliphatic carbocycles. The average Bonchev–Trinajstić information content (AvgIpc) is 3.18. The van der Waals surface area contributed by atoms with Crippen molar-refractivity contribution in [2.75, 3.05) is 13.7 Å². The lowest BCUT2D eigenvalue weighted by Crippen LogP contribution is -2.04. The Morgan fingerprint density at radius 2 is 1.96 bits per heavy atom. The van der Waals surface area contributed by atoms with Crippen molar-refractivity contribution in [3.05, 3.63) is 59.0 Å². The maximum Gasteiger partial charge on any atom is 0.338 e. The van der Waals surface area contributed by atoms with Gasteiger partial charge in [-0.25, -0.2) is 9.78 Å². The topological polar surface area (TPSA) is 48.4 Å². The first-order valence-corrected chi connectivity index (χ1v) is 9.44. The van der Waals surface area contributed by atoms with E-state index in [1.165, 1.54) is 5.56 Å². The summed E-state index contributed by atoms with van der Waals surface area (Å²) >= 11 is 1.57. The van der Waals surface area contributed by atoms with E-state index in [-0.39, 0.29) is 5.97 Å². The molecular weight excluding hydrogens is 346 g/mol. The fourth-order valence-electron chi connectivity index (χ4n) is 2.73. The van der Waals surface area contributed by atoms with Crippen LogP contribution in [0.1, 0.15) is 29.8 Å². The lowest BCUT2D eigenvalue weighted by molar-refractivity contribution is 0.0526. The van der Waals surface area contributed by atoms with Gasteiger partial charge in [-0.1, -0.05) is 31.2 Å². The molecule has 1 heterocycles. The fourth-order valence-corrected chi connectivity index (χ4v) is 3.55. The molecule has 0 spiro atoms. The molecule has 134 valence electrons. The normalized spacial score (nSPS) is 10.6. The number of aromatic nitrogens is 1. The molecule has 0 atom stereocenters. The standard InChI is InChI=1S/C21H21NO3S/c1-4-14-9-10-16(12-19(14)24-3)20-22-18(13-26-20)15-7-6-8-17(11-15)21(23)25-5-2/h6-13H,4-5H2,1-3H3. The number of hydrogen-bond acceptors (Lipinski definition) is 5. The molecule has 0 radical (unpaired) electrons. The van der Waals surface area contributed by atoms with Crippen molar-refractivity contribution in [3.8, 4) is 27.6 Å². The third-order valence-electron chi connectivity index (χ3n) is 4.09. The second kappa shape index (κ2) is 8.15. The summed E-state index contributed by atoms with van der Waals surface area (Å²) in [6, 6.07) is 13.5. The number of esters is 1. The van der Waals surface area contributed by atoms with Crippen LogP contribution in [-0.4, -0.2) is 24.7 Å². The van der Waals surface area contributed by atoms with Gasteiger partial charge < -0.3 is 9.47 Å². The Morgan fingerprint density at radius 3 is 2.69 bits per heavy atom. The number of carbonyl (C=O) groups is 1. The number of ether oxygens (including phenoxy) is 2. The summed E-state index contributed by atoms with van der Waals surface area (Å²) in [5, 5.41) is 2.92. The minimum Gasteiger partial charge on any atom is -0.496 e. The van der Waals surface area contributed by atoms with E-state index in [1.54, 1.807) is 31.4 Å². The Balaban J connectivity index is 1.91. The van der Waals surface area contributed by atoms with E-state index in [0.717, 1.165) is 34.0 Å². The molecule has 0 amide bonds. The quantitative estimate of drug-likeness (QED) is 0.560. The molecule has 0 aliphatic heterocycles. The molecule has 0 bridgehead atoms. The summed E-state index contributed by atoms with van der Waals surface area (Å²) in [6.07, 6.45) is 0.924. The molecule has 0 fully saturated rings. The molecule has 4 nitrogen and oxygen atoms in total. The van der Waals surface area contributed by atoms with Gasteiger partial charge in [-0.2, -0.15) is 0 Å². The highest BCUT2D eigenvalue weighted by molar-refractivity contribution is 7.13. The predicted molar refractivity (Wildman–Crippen MR) is 105 cm³/mol. The van der Waals surface area contributed by atoms with E-state index in [1.807, 2.05) is 29.6 Å². The maximum absolute atomic E-state index is 11.9. The van der Waals surface area contributed by atoms with Crippen LogP contribution in [0.25, 0.3) is 21.8 Å². The van der Waals surface area contributed by atoms with Crippen LogP contribution in [0.4, 0.5) is 0 Å². The van der Waals surface area contributed by atoms with E-state index >= 15 is 0 Å². The van der Waals surface area contributed by atoms with E-state index in [0.29, 0.717) is 12.2 Å². The van der Waals surface area contributed by atoms with E-state index < -0.39 is 0 Å². The highest BCUT2D eigenvalue weighted by Gasteiger charge is 2.12. The van der Waals surface area contributed by atoms with E-state index in [2.05, 4.69) is 19.1 Å². The number of rotatable bonds is 6. The highest BCUT2D eigenvalue weighted by atomic mass is 32.1. The van der Waals surface area contributed by atoms with Crippen LogP contribution < -0.4 is 4.74 Å². The lowest BCUT2D eigenvalue weighted by Gasteiger charge is -2.07. The van der Waals surface area contributed by atoms with Crippen molar-refractivity contribution < 1.29 is 14.3 Å². The Hall–Kier alpha value is -2.66. The van der Waals surface area contributed by atoms with E-state index in [4.69, 9.17) is 14.5 Å². The third-order valence-corrected chi connectivity index (χ3v) is 4.98. The van der Waals surface area contributed by atoms with Gasteiger partial charge in [-0.15, -0.1) is 11.3 Å². The molecule has 1 aromatic heterocycles. The van der Waals surface area contributed by atoms with E-state index in [9.17, 15) is 4.79 Å². The van der Waals surface area contributed by atoms with Crippen molar-refractivity contribution in [2.24, 2.45) is 0 Å². The molecular formula is C21H21NO3S. The Labute approximate surface area is 157 Å². The number of carbonyl (C=O) groups excluding carboxylic acids is 1. The van der Waals surface area contributed by atoms with Crippen LogP contribution in [0.15, 0.2) is 47.8 Å². The minimum absolute atomic E-state index is 0.315. The third kappa shape index (κ3) is 3.78. The van der Waals surface area contributed by atoms with Crippen LogP contribution in [-0.2, 0) is 11.2 Å². The zero-order chi connectivity index (χ0) is 18.5. The highest BCUT2D eigenvalue weighted by Crippen LogP contribution is 2.32. The van der Waals surface area contributed by atoms with Crippen LogP contribution in [0, 0.1) is 0 Å². The summed E-state index contributed by atoms with van der Waals surface area (Å²) in [5.41, 5.74) is 4.48. The number of thiazole rings is 1. The number of aryl methyl sites for hydroxylation is 1. The van der Waals surface area contributed by atoms with Crippen LogP contribution in [0.5, 0.6) is 5.75 Å². The number of benzene rings is 2. The summed E-state index contributed by atoms with van der Waals surface area (Å²) in [4.78, 5) is 16.7. The molecule has 5 heteroatoms. The van der Waals surface area contributed by atoms with Gasteiger partial charge in [0.15, 0.2) is 0 Å². The first-order chi connectivity index (χ1) is 12.7.